The molecule has 4 heteroatoms. The van der Waals surface area contributed by atoms with Crippen molar-refractivity contribution in [2.75, 3.05) is 0 Å². The predicted molar refractivity (Wildman–Crippen MR) is 255 cm³/mol. The average molecular weight is 819 g/mol. The quantitative estimate of drug-likeness (QED) is 0.161. The highest BCUT2D eigenvalue weighted by molar-refractivity contribution is 6.10. The maximum atomic E-state index is 10.1. The molecule has 0 spiro atoms. The largest absolute Gasteiger partial charge is 0.457 e. The molecule has 3 atom stereocenters. The van der Waals surface area contributed by atoms with E-state index in [1.807, 2.05) is 49.5 Å². The van der Waals surface area contributed by atoms with E-state index < -0.39 is 26.4 Å². The molecule has 2 aliphatic rings. The highest BCUT2D eigenvalue weighted by Crippen LogP contribution is 2.59. The molecule has 2 fully saturated rings. The van der Waals surface area contributed by atoms with Crippen molar-refractivity contribution in [2.24, 2.45) is 28.1 Å². The van der Waals surface area contributed by atoms with Gasteiger partial charge in [-0.05, 0) is 194 Å². The van der Waals surface area contributed by atoms with Crippen LogP contribution in [0, 0.1) is 62.5 Å². The summed E-state index contributed by atoms with van der Waals surface area (Å²) in [5, 5.41) is 1.59. The van der Waals surface area contributed by atoms with Crippen LogP contribution >= 0.6 is 0 Å². The van der Waals surface area contributed by atoms with E-state index in [1.54, 1.807) is 30.3 Å². The number of benzene rings is 4. The Morgan fingerprint density at radius 2 is 1.48 bits per heavy atom. The standard InChI is InChI=1S/C57H64N2O2/c1-34-17-18-45-48-25-43(60-52-24-41(50-22-35(2)37(4)31-58-50)23-47(39(52)6)40-15-13-12-14-16-40)26-49(54(48)61-53(45)21-34)51-27-46(38(5)32-59-51)44-19-20-57(11,28-36(44)3)42-29-55(7,8)33-56(9,10)30-42/h12-18,21-27,31-32,36,42,44H,19-20,28-30,33H2,1-11H3/i2D3,4D3,6D3,42D. The van der Waals surface area contributed by atoms with Crippen molar-refractivity contribution < 1.29 is 22.9 Å². The monoisotopic (exact) mass is 819 g/mol. The molecule has 0 aliphatic heterocycles. The molecule has 2 saturated carbocycles. The third-order valence-corrected chi connectivity index (χ3v) is 13.8. The van der Waals surface area contributed by atoms with Gasteiger partial charge >= 0.3 is 0 Å². The van der Waals surface area contributed by atoms with E-state index in [4.69, 9.17) is 26.5 Å². The third-order valence-electron chi connectivity index (χ3n) is 13.8. The summed E-state index contributed by atoms with van der Waals surface area (Å²) in [5.41, 5.74) is 6.53. The van der Waals surface area contributed by atoms with Crippen molar-refractivity contribution in [3.63, 3.8) is 0 Å². The van der Waals surface area contributed by atoms with E-state index in [-0.39, 0.29) is 50.3 Å². The first-order valence-corrected chi connectivity index (χ1v) is 21.8. The molecule has 7 aromatic rings. The van der Waals surface area contributed by atoms with E-state index in [0.717, 1.165) is 66.6 Å². The number of fused-ring (bicyclic) bond motifs is 3. The SMILES string of the molecule is [2H]C([2H])([2H])c1cnc(-c2cc(Oc3cc(-c4cc(C5CCC(C)(C6([2H])CC(C)(C)CC(C)(C)C6)CC5C)c(C)cn4)c4oc5cc(C)ccc5c4c3)c(C([2H])([2H])[2H])c(-c3ccccc3)c2)cc1C([2H])([2H])[2H]. The van der Waals surface area contributed by atoms with Crippen LogP contribution in [0.3, 0.4) is 0 Å². The zero-order chi connectivity index (χ0) is 51.4. The summed E-state index contributed by atoms with van der Waals surface area (Å²) in [5.74, 6) is 0.322. The first kappa shape index (κ1) is 30.8. The Hall–Kier alpha value is -5.22. The molecule has 0 amide bonds. The van der Waals surface area contributed by atoms with Gasteiger partial charge in [-0.1, -0.05) is 84.0 Å². The zero-order valence-corrected chi connectivity index (χ0v) is 36.8. The number of aryl methyl sites for hydroxylation is 4. The number of aromatic nitrogens is 2. The molecule has 3 unspecified atom stereocenters. The highest BCUT2D eigenvalue weighted by atomic mass is 16.5. The van der Waals surface area contributed by atoms with Crippen LogP contribution in [0.2, 0.25) is 0 Å². The summed E-state index contributed by atoms with van der Waals surface area (Å²) in [6.45, 7) is 9.97. The van der Waals surface area contributed by atoms with Gasteiger partial charge in [-0.15, -0.1) is 0 Å². The Balaban J connectivity index is 1.18. The van der Waals surface area contributed by atoms with E-state index in [2.05, 4.69) is 59.5 Å². The molecule has 3 aromatic heterocycles. The van der Waals surface area contributed by atoms with Gasteiger partial charge in [0.05, 0.1) is 11.4 Å². The van der Waals surface area contributed by atoms with Crippen LogP contribution in [0.15, 0.2) is 102 Å². The molecule has 0 bridgehead atoms. The molecule has 9 rings (SSSR count). The molecular weight excluding hydrogens is 745 g/mol. The lowest BCUT2D eigenvalue weighted by atomic mass is 9.51. The Morgan fingerprint density at radius 3 is 2.21 bits per heavy atom. The Kier molecular flexibility index (Phi) is 7.71. The number of ether oxygens (including phenoxy) is 1. The van der Waals surface area contributed by atoms with Gasteiger partial charge in [-0.2, -0.15) is 0 Å². The summed E-state index contributed by atoms with van der Waals surface area (Å²) in [4.78, 5) is 9.51. The molecule has 0 saturated heterocycles. The van der Waals surface area contributed by atoms with Crippen molar-refractivity contribution in [2.45, 2.75) is 120 Å². The summed E-state index contributed by atoms with van der Waals surface area (Å²) < 4.78 is 99.4. The summed E-state index contributed by atoms with van der Waals surface area (Å²) >= 11 is 0. The lowest BCUT2D eigenvalue weighted by Gasteiger charge is -2.54. The number of hydrogen-bond acceptors (Lipinski definition) is 4. The minimum absolute atomic E-state index is 0.0130. The lowest BCUT2D eigenvalue weighted by Crippen LogP contribution is -2.44. The van der Waals surface area contributed by atoms with Crippen LogP contribution in [-0.4, -0.2) is 9.97 Å². The van der Waals surface area contributed by atoms with Crippen LogP contribution in [0.1, 0.15) is 133 Å². The first-order chi connectivity index (χ1) is 32.9. The Bertz CT molecular complexity index is 3170. The second-order valence-electron chi connectivity index (χ2n) is 20.2. The minimum Gasteiger partial charge on any atom is -0.457 e. The van der Waals surface area contributed by atoms with E-state index >= 15 is 0 Å². The molecule has 314 valence electrons. The average Bonchev–Trinajstić information content (AvgIpc) is 3.61. The number of pyridine rings is 2. The van der Waals surface area contributed by atoms with Crippen molar-refractivity contribution in [1.82, 2.24) is 9.97 Å². The van der Waals surface area contributed by atoms with Gasteiger partial charge in [0.1, 0.15) is 22.7 Å². The number of furan rings is 1. The Morgan fingerprint density at radius 1 is 0.721 bits per heavy atom. The minimum atomic E-state index is -2.78. The smallest absolute Gasteiger partial charge is 0.145 e. The molecule has 2 aliphatic carbocycles. The molecule has 3 heterocycles. The van der Waals surface area contributed by atoms with Gasteiger partial charge in [-0.25, -0.2) is 0 Å². The number of hydrogen-bond donors (Lipinski definition) is 0. The molecule has 61 heavy (non-hydrogen) atoms. The Labute approximate surface area is 378 Å². The zero-order valence-electron chi connectivity index (χ0n) is 46.8. The third kappa shape index (κ3) is 7.92. The summed E-state index contributed by atoms with van der Waals surface area (Å²) in [7, 11) is 0. The first-order valence-electron chi connectivity index (χ1n) is 26.8. The van der Waals surface area contributed by atoms with Gasteiger partial charge in [0.15, 0.2) is 0 Å². The molecule has 0 N–H and O–H groups in total. The van der Waals surface area contributed by atoms with Crippen LogP contribution in [-0.2, 0) is 0 Å². The van der Waals surface area contributed by atoms with Crippen molar-refractivity contribution >= 4 is 21.9 Å². The maximum absolute atomic E-state index is 10.1. The van der Waals surface area contributed by atoms with Crippen molar-refractivity contribution in [3.8, 4) is 45.1 Å². The maximum Gasteiger partial charge on any atom is 0.145 e. The second-order valence-corrected chi connectivity index (χ2v) is 20.2. The normalized spacial score (nSPS) is 25.1. The number of nitrogens with zero attached hydrogens (tertiary/aromatic N) is 2. The number of rotatable bonds is 7. The van der Waals surface area contributed by atoms with Gasteiger partial charge in [0.25, 0.3) is 0 Å². The van der Waals surface area contributed by atoms with Crippen molar-refractivity contribution in [1.29, 1.82) is 0 Å². The highest BCUT2D eigenvalue weighted by Gasteiger charge is 2.48. The summed E-state index contributed by atoms with van der Waals surface area (Å²) in [6.07, 6.45) is 8.77. The van der Waals surface area contributed by atoms with Gasteiger partial charge < -0.3 is 9.15 Å². The van der Waals surface area contributed by atoms with Crippen molar-refractivity contribution in [3.05, 3.63) is 131 Å². The topological polar surface area (TPSA) is 48.2 Å². The lowest BCUT2D eigenvalue weighted by molar-refractivity contribution is -0.0280. The van der Waals surface area contributed by atoms with E-state index in [9.17, 15) is 1.37 Å². The van der Waals surface area contributed by atoms with Crippen LogP contribution < -0.4 is 4.74 Å². The van der Waals surface area contributed by atoms with Crippen LogP contribution in [0.4, 0.5) is 0 Å². The van der Waals surface area contributed by atoms with Gasteiger partial charge in [0.2, 0.25) is 0 Å². The predicted octanol–water partition coefficient (Wildman–Crippen LogP) is 16.5. The molecule has 4 nitrogen and oxygen atoms in total. The van der Waals surface area contributed by atoms with Gasteiger partial charge in [-0.3, -0.25) is 9.97 Å². The fourth-order valence-corrected chi connectivity index (χ4v) is 11.3. The summed E-state index contributed by atoms with van der Waals surface area (Å²) in [6, 6.07) is 25.3. The molecule has 4 aromatic carbocycles. The van der Waals surface area contributed by atoms with Gasteiger partial charge in [0, 0.05) is 48.0 Å². The van der Waals surface area contributed by atoms with E-state index in [1.165, 1.54) is 17.7 Å². The second kappa shape index (κ2) is 15.3. The fraction of sp³-hybridized carbons (Fsp3) is 0.404. The van der Waals surface area contributed by atoms with E-state index in [0.29, 0.717) is 50.8 Å². The van der Waals surface area contributed by atoms with Crippen LogP contribution in [0.5, 0.6) is 11.5 Å². The molecule has 0 radical (unpaired) electrons. The van der Waals surface area contributed by atoms with Crippen LogP contribution in [0.25, 0.3) is 55.6 Å². The molecular formula is C57H64N2O2. The fourth-order valence-electron chi connectivity index (χ4n) is 11.3.